The molecule has 7 nitrogen and oxygen atoms in total. The van der Waals surface area contributed by atoms with Gasteiger partial charge in [0.15, 0.2) is 5.65 Å². The molecule has 1 saturated heterocycles. The number of pyridine rings is 1. The van der Waals surface area contributed by atoms with Crippen LogP contribution >= 0.6 is 15.9 Å². The number of urea groups is 1. The number of anilines is 1. The quantitative estimate of drug-likeness (QED) is 0.650. The molecule has 2 amide bonds. The third-order valence-electron chi connectivity index (χ3n) is 5.40. The maximum atomic E-state index is 12.6. The zero-order chi connectivity index (χ0) is 20.4. The largest absolute Gasteiger partial charge is 0.322 e. The first-order valence-corrected chi connectivity index (χ1v) is 10.6. The van der Waals surface area contributed by atoms with E-state index in [1.54, 1.807) is 0 Å². The number of fused-ring (bicyclic) bond motifs is 1. The molecule has 152 valence electrons. The smallest absolute Gasteiger partial charge is 0.321 e. The lowest BCUT2D eigenvalue weighted by molar-refractivity contribution is 0.144. The monoisotopic (exact) mass is 456 g/mol. The minimum atomic E-state index is -0.0352. The molecule has 3 aromatic rings. The van der Waals surface area contributed by atoms with E-state index in [0.29, 0.717) is 0 Å². The summed E-state index contributed by atoms with van der Waals surface area (Å²) in [4.78, 5) is 25.9. The van der Waals surface area contributed by atoms with Gasteiger partial charge in [0.2, 0.25) is 0 Å². The summed E-state index contributed by atoms with van der Waals surface area (Å²) in [5, 5.41) is 3.00. The number of hydrogen-bond acceptors (Lipinski definition) is 4. The molecule has 29 heavy (non-hydrogen) atoms. The number of aryl methyl sites for hydroxylation is 2. The van der Waals surface area contributed by atoms with E-state index >= 15 is 0 Å². The summed E-state index contributed by atoms with van der Waals surface area (Å²) in [6, 6.07) is 9.72. The summed E-state index contributed by atoms with van der Waals surface area (Å²) in [7, 11) is 0. The molecule has 8 heteroatoms. The first-order valence-electron chi connectivity index (χ1n) is 9.83. The first kappa shape index (κ1) is 19.8. The Morgan fingerprint density at radius 1 is 1.14 bits per heavy atom. The second-order valence-corrected chi connectivity index (χ2v) is 8.23. The topological polar surface area (TPSA) is 66.3 Å². The molecule has 0 unspecified atom stereocenters. The standard InChI is InChI=1S/C21H25BrN6O/c1-15-14-17(5-6-18(15)22)25-21(29)27-11-8-26(9-12-27)10-13-28-16(2)24-19-4-3-7-23-20(19)28/h3-7,14H,8-13H2,1-2H3,(H,25,29). The summed E-state index contributed by atoms with van der Waals surface area (Å²) in [6.45, 7) is 8.99. The number of rotatable bonds is 4. The van der Waals surface area contributed by atoms with Crippen molar-refractivity contribution >= 4 is 38.8 Å². The second-order valence-electron chi connectivity index (χ2n) is 7.38. The average Bonchev–Trinajstić information content (AvgIpc) is 3.04. The van der Waals surface area contributed by atoms with Crippen LogP contribution < -0.4 is 5.32 Å². The SMILES string of the molecule is Cc1cc(NC(=O)N2CCN(CCn3c(C)nc4cccnc43)CC2)ccc1Br. The molecule has 3 heterocycles. The number of carbonyl (C=O) groups excluding carboxylic acids is 1. The molecule has 1 fully saturated rings. The maximum absolute atomic E-state index is 12.6. The van der Waals surface area contributed by atoms with Crippen LogP contribution in [-0.4, -0.2) is 63.1 Å². The van der Waals surface area contributed by atoms with E-state index < -0.39 is 0 Å². The molecule has 1 aromatic carbocycles. The normalized spacial score (nSPS) is 15.1. The lowest BCUT2D eigenvalue weighted by Crippen LogP contribution is -2.50. The number of aromatic nitrogens is 3. The van der Waals surface area contributed by atoms with Crippen LogP contribution in [0.25, 0.3) is 11.2 Å². The summed E-state index contributed by atoms with van der Waals surface area (Å²) in [6.07, 6.45) is 1.81. The second kappa shape index (κ2) is 8.51. The van der Waals surface area contributed by atoms with E-state index in [-0.39, 0.29) is 6.03 Å². The van der Waals surface area contributed by atoms with Crippen LogP contribution in [0.15, 0.2) is 41.0 Å². The fourth-order valence-corrected chi connectivity index (χ4v) is 3.93. The fraction of sp³-hybridized carbons (Fsp3) is 0.381. The van der Waals surface area contributed by atoms with Crippen molar-refractivity contribution < 1.29 is 4.79 Å². The van der Waals surface area contributed by atoms with Crippen molar-refractivity contribution in [2.24, 2.45) is 0 Å². The van der Waals surface area contributed by atoms with Crippen molar-refractivity contribution in [2.45, 2.75) is 20.4 Å². The van der Waals surface area contributed by atoms with Crippen LogP contribution in [0.3, 0.4) is 0 Å². The highest BCUT2D eigenvalue weighted by molar-refractivity contribution is 9.10. The van der Waals surface area contributed by atoms with Crippen molar-refractivity contribution in [1.82, 2.24) is 24.3 Å². The highest BCUT2D eigenvalue weighted by atomic mass is 79.9. The van der Waals surface area contributed by atoms with Crippen LogP contribution in [0.4, 0.5) is 10.5 Å². The van der Waals surface area contributed by atoms with Gasteiger partial charge in [-0.3, -0.25) is 4.90 Å². The number of hydrogen-bond donors (Lipinski definition) is 1. The van der Waals surface area contributed by atoms with Crippen molar-refractivity contribution in [3.63, 3.8) is 0 Å². The molecule has 4 rings (SSSR count). The Morgan fingerprint density at radius 2 is 1.93 bits per heavy atom. The fourth-order valence-electron chi connectivity index (χ4n) is 3.68. The lowest BCUT2D eigenvalue weighted by Gasteiger charge is -2.34. The van der Waals surface area contributed by atoms with Gasteiger partial charge in [-0.2, -0.15) is 0 Å². The number of nitrogens with zero attached hydrogens (tertiary/aromatic N) is 5. The summed E-state index contributed by atoms with van der Waals surface area (Å²) >= 11 is 3.49. The van der Waals surface area contributed by atoms with Crippen molar-refractivity contribution in [3.05, 3.63) is 52.4 Å². The molecule has 1 aliphatic rings. The Bertz CT molecular complexity index is 1030. The molecule has 2 aromatic heterocycles. The van der Waals surface area contributed by atoms with Crippen LogP contribution in [-0.2, 0) is 6.54 Å². The number of imidazole rings is 1. The summed E-state index contributed by atoms with van der Waals surface area (Å²) in [5.74, 6) is 0.988. The number of benzene rings is 1. The predicted octanol–water partition coefficient (Wildman–Crippen LogP) is 3.66. The molecule has 1 aliphatic heterocycles. The van der Waals surface area contributed by atoms with Crippen molar-refractivity contribution in [1.29, 1.82) is 0 Å². The van der Waals surface area contributed by atoms with E-state index in [0.717, 1.165) is 72.0 Å². The van der Waals surface area contributed by atoms with Crippen LogP contribution in [0, 0.1) is 13.8 Å². The molecule has 0 atom stereocenters. The Morgan fingerprint density at radius 3 is 2.69 bits per heavy atom. The molecule has 0 bridgehead atoms. The Balaban J connectivity index is 1.29. The van der Waals surface area contributed by atoms with Crippen molar-refractivity contribution in [3.8, 4) is 0 Å². The molecule has 0 saturated carbocycles. The van der Waals surface area contributed by atoms with E-state index in [1.807, 2.05) is 55.3 Å². The van der Waals surface area contributed by atoms with Gasteiger partial charge in [-0.1, -0.05) is 15.9 Å². The van der Waals surface area contributed by atoms with Gasteiger partial charge in [-0.15, -0.1) is 0 Å². The first-order chi connectivity index (χ1) is 14.0. The number of nitrogens with one attached hydrogen (secondary N) is 1. The van der Waals surface area contributed by atoms with Gasteiger partial charge in [-0.25, -0.2) is 14.8 Å². The highest BCUT2D eigenvalue weighted by Gasteiger charge is 2.21. The zero-order valence-corrected chi connectivity index (χ0v) is 18.3. The van der Waals surface area contributed by atoms with Crippen molar-refractivity contribution in [2.75, 3.05) is 38.0 Å². The van der Waals surface area contributed by atoms with Gasteiger partial charge >= 0.3 is 6.03 Å². The Kier molecular flexibility index (Phi) is 5.82. The summed E-state index contributed by atoms with van der Waals surface area (Å²) in [5.41, 5.74) is 3.81. The third-order valence-corrected chi connectivity index (χ3v) is 6.29. The van der Waals surface area contributed by atoms with Gasteiger partial charge < -0.3 is 14.8 Å². The van der Waals surface area contributed by atoms with Gasteiger partial charge in [-0.05, 0) is 49.7 Å². The van der Waals surface area contributed by atoms with Crippen LogP contribution in [0.5, 0.6) is 0 Å². The van der Waals surface area contributed by atoms with Gasteiger partial charge in [0.05, 0.1) is 0 Å². The number of carbonyl (C=O) groups is 1. The number of halogens is 1. The molecular weight excluding hydrogens is 432 g/mol. The minimum absolute atomic E-state index is 0.0352. The van der Waals surface area contributed by atoms with Crippen LogP contribution in [0.1, 0.15) is 11.4 Å². The van der Waals surface area contributed by atoms with Gasteiger partial charge in [0, 0.05) is 55.6 Å². The molecule has 0 spiro atoms. The molecule has 0 aliphatic carbocycles. The summed E-state index contributed by atoms with van der Waals surface area (Å²) < 4.78 is 3.21. The molecule has 1 N–H and O–H groups in total. The Labute approximate surface area is 178 Å². The minimum Gasteiger partial charge on any atom is -0.322 e. The maximum Gasteiger partial charge on any atom is 0.321 e. The van der Waals surface area contributed by atoms with Gasteiger partial charge in [0.1, 0.15) is 11.3 Å². The molecule has 0 radical (unpaired) electrons. The van der Waals surface area contributed by atoms with Crippen LogP contribution in [0.2, 0.25) is 0 Å². The number of amides is 2. The van der Waals surface area contributed by atoms with E-state index in [4.69, 9.17) is 0 Å². The lowest BCUT2D eigenvalue weighted by atomic mass is 10.2. The van der Waals surface area contributed by atoms with Gasteiger partial charge in [0.25, 0.3) is 0 Å². The predicted molar refractivity (Wildman–Crippen MR) is 118 cm³/mol. The number of piperazine rings is 1. The van der Waals surface area contributed by atoms with E-state index in [1.165, 1.54) is 0 Å². The average molecular weight is 457 g/mol. The van der Waals surface area contributed by atoms with E-state index in [2.05, 4.69) is 40.7 Å². The zero-order valence-electron chi connectivity index (χ0n) is 16.7. The molecular formula is C21H25BrN6O. The van der Waals surface area contributed by atoms with E-state index in [9.17, 15) is 4.79 Å². The Hall–Kier alpha value is -2.45. The third kappa shape index (κ3) is 4.43. The highest BCUT2D eigenvalue weighted by Crippen LogP contribution is 2.20.